The van der Waals surface area contributed by atoms with Crippen molar-refractivity contribution in [1.29, 1.82) is 0 Å². The van der Waals surface area contributed by atoms with Crippen molar-refractivity contribution in [3.05, 3.63) is 0 Å². The zero-order chi connectivity index (χ0) is 7.45. The molecule has 1 rings (SSSR count). The molecule has 1 aliphatic carbocycles. The Hall–Kier alpha value is -0.530. The molecule has 0 N–H and O–H groups in total. The standard InChI is InChI=1S/C8H15NO/c1-8(10-9-2)6-4-3-5-7-8/h2-7H2,1H3. The summed E-state index contributed by atoms with van der Waals surface area (Å²) in [6.45, 7) is 5.44. The van der Waals surface area contributed by atoms with Crippen molar-refractivity contribution < 1.29 is 4.84 Å². The van der Waals surface area contributed by atoms with Crippen LogP contribution in [0.15, 0.2) is 5.16 Å². The third-order valence-corrected chi connectivity index (χ3v) is 2.20. The van der Waals surface area contributed by atoms with Crippen LogP contribution in [0.1, 0.15) is 39.0 Å². The molecule has 58 valence electrons. The number of hydrogen-bond donors (Lipinski definition) is 0. The molecule has 2 heteroatoms. The van der Waals surface area contributed by atoms with Crippen molar-refractivity contribution in [3.8, 4) is 0 Å². The fourth-order valence-corrected chi connectivity index (χ4v) is 1.55. The monoisotopic (exact) mass is 141 g/mol. The minimum atomic E-state index is 0.000000000000000222. The third-order valence-electron chi connectivity index (χ3n) is 2.20. The van der Waals surface area contributed by atoms with Gasteiger partial charge in [0.2, 0.25) is 0 Å². The molecule has 0 unspecified atom stereocenters. The maximum atomic E-state index is 5.18. The number of hydrogen-bond acceptors (Lipinski definition) is 2. The Bertz CT molecular complexity index is 116. The fourth-order valence-electron chi connectivity index (χ4n) is 1.55. The molecule has 2 nitrogen and oxygen atoms in total. The van der Waals surface area contributed by atoms with Gasteiger partial charge < -0.3 is 4.84 Å². The molecule has 0 radical (unpaired) electrons. The fraction of sp³-hybridized carbons (Fsp3) is 0.875. The van der Waals surface area contributed by atoms with Gasteiger partial charge in [-0.05, 0) is 32.6 Å². The lowest BCUT2D eigenvalue weighted by molar-refractivity contribution is -0.0527. The highest BCUT2D eigenvalue weighted by molar-refractivity contribution is 5.21. The Kier molecular flexibility index (Phi) is 2.30. The van der Waals surface area contributed by atoms with Crippen LogP contribution < -0.4 is 0 Å². The zero-order valence-electron chi connectivity index (χ0n) is 6.60. The lowest BCUT2D eigenvalue weighted by Gasteiger charge is -2.30. The van der Waals surface area contributed by atoms with E-state index < -0.39 is 0 Å². The molecule has 0 heterocycles. The smallest absolute Gasteiger partial charge is 0.135 e. The van der Waals surface area contributed by atoms with Gasteiger partial charge in [0.15, 0.2) is 0 Å². The van der Waals surface area contributed by atoms with E-state index in [1.54, 1.807) is 0 Å². The minimum Gasteiger partial charge on any atom is -0.390 e. The summed E-state index contributed by atoms with van der Waals surface area (Å²) in [6, 6.07) is 0. The Morgan fingerprint density at radius 2 is 1.90 bits per heavy atom. The maximum Gasteiger partial charge on any atom is 0.135 e. The first kappa shape index (κ1) is 7.58. The summed E-state index contributed by atoms with van der Waals surface area (Å²) in [5, 5.41) is 3.48. The molecule has 1 fully saturated rings. The van der Waals surface area contributed by atoms with Gasteiger partial charge in [-0.1, -0.05) is 6.42 Å². The van der Waals surface area contributed by atoms with E-state index in [1.807, 2.05) is 0 Å². The van der Waals surface area contributed by atoms with Gasteiger partial charge in [0, 0.05) is 6.72 Å². The highest BCUT2D eigenvalue weighted by Crippen LogP contribution is 2.30. The lowest BCUT2D eigenvalue weighted by atomic mass is 9.87. The van der Waals surface area contributed by atoms with E-state index in [9.17, 15) is 0 Å². The van der Waals surface area contributed by atoms with E-state index in [0.717, 1.165) is 12.8 Å². The Morgan fingerprint density at radius 1 is 1.30 bits per heavy atom. The molecule has 0 aromatic heterocycles. The second kappa shape index (κ2) is 3.04. The topological polar surface area (TPSA) is 21.6 Å². The van der Waals surface area contributed by atoms with Gasteiger partial charge in [0.05, 0.1) is 0 Å². The van der Waals surface area contributed by atoms with E-state index in [-0.39, 0.29) is 5.60 Å². The molecule has 1 saturated carbocycles. The van der Waals surface area contributed by atoms with E-state index in [4.69, 9.17) is 4.84 Å². The van der Waals surface area contributed by atoms with Gasteiger partial charge in [-0.15, -0.1) is 5.16 Å². The summed E-state index contributed by atoms with van der Waals surface area (Å²) in [5.41, 5.74) is 0.000000000000000222. The molecule has 1 aliphatic rings. The highest BCUT2D eigenvalue weighted by Gasteiger charge is 2.28. The number of rotatable bonds is 2. The zero-order valence-corrected chi connectivity index (χ0v) is 6.60. The Balaban J connectivity index is 2.39. The van der Waals surface area contributed by atoms with Crippen LogP contribution in [0.2, 0.25) is 0 Å². The average molecular weight is 141 g/mol. The highest BCUT2D eigenvalue weighted by atomic mass is 16.6. The number of nitrogens with zero attached hydrogens (tertiary/aromatic N) is 1. The summed E-state index contributed by atoms with van der Waals surface area (Å²) in [6.07, 6.45) is 6.15. The SMILES string of the molecule is C=NOC1(C)CCCCC1. The summed E-state index contributed by atoms with van der Waals surface area (Å²) in [7, 11) is 0. The van der Waals surface area contributed by atoms with Crippen LogP contribution in [0.3, 0.4) is 0 Å². The Morgan fingerprint density at radius 3 is 2.40 bits per heavy atom. The lowest BCUT2D eigenvalue weighted by Crippen LogP contribution is -2.29. The molecule has 0 aromatic carbocycles. The largest absolute Gasteiger partial charge is 0.390 e. The third kappa shape index (κ3) is 1.72. The van der Waals surface area contributed by atoms with Crippen LogP contribution in [0.4, 0.5) is 0 Å². The van der Waals surface area contributed by atoms with Gasteiger partial charge in [-0.2, -0.15) is 0 Å². The molecule has 0 spiro atoms. The quantitative estimate of drug-likeness (QED) is 0.427. The first-order chi connectivity index (χ1) is 4.77. The summed E-state index contributed by atoms with van der Waals surface area (Å²) in [4.78, 5) is 5.18. The molecule has 0 atom stereocenters. The average Bonchev–Trinajstić information content (AvgIpc) is 1.89. The second-order valence-corrected chi connectivity index (χ2v) is 3.23. The first-order valence-electron chi connectivity index (χ1n) is 3.91. The van der Waals surface area contributed by atoms with Gasteiger partial charge in [0.25, 0.3) is 0 Å². The van der Waals surface area contributed by atoms with Gasteiger partial charge >= 0.3 is 0 Å². The molecule has 0 bridgehead atoms. The van der Waals surface area contributed by atoms with Crippen molar-refractivity contribution in [1.82, 2.24) is 0 Å². The van der Waals surface area contributed by atoms with E-state index in [2.05, 4.69) is 18.8 Å². The summed E-state index contributed by atoms with van der Waals surface area (Å²) < 4.78 is 0. The van der Waals surface area contributed by atoms with Crippen molar-refractivity contribution in [3.63, 3.8) is 0 Å². The predicted octanol–water partition coefficient (Wildman–Crippen LogP) is 2.34. The van der Waals surface area contributed by atoms with Crippen LogP contribution in [0.25, 0.3) is 0 Å². The van der Waals surface area contributed by atoms with E-state index in [0.29, 0.717) is 0 Å². The Labute approximate surface area is 62.3 Å². The van der Waals surface area contributed by atoms with Gasteiger partial charge in [-0.25, -0.2) is 0 Å². The van der Waals surface area contributed by atoms with Gasteiger partial charge in [0.1, 0.15) is 5.60 Å². The molecule has 0 aliphatic heterocycles. The van der Waals surface area contributed by atoms with E-state index in [1.165, 1.54) is 19.3 Å². The molecule has 10 heavy (non-hydrogen) atoms. The molecule has 0 saturated heterocycles. The van der Waals surface area contributed by atoms with Crippen LogP contribution in [0, 0.1) is 0 Å². The van der Waals surface area contributed by atoms with Crippen molar-refractivity contribution in [2.24, 2.45) is 5.16 Å². The number of oxime groups is 1. The van der Waals surface area contributed by atoms with Crippen molar-refractivity contribution >= 4 is 6.72 Å². The van der Waals surface area contributed by atoms with E-state index >= 15 is 0 Å². The molecule has 0 amide bonds. The van der Waals surface area contributed by atoms with Crippen LogP contribution in [-0.2, 0) is 4.84 Å². The molecule has 0 aromatic rings. The van der Waals surface area contributed by atoms with Crippen LogP contribution in [0.5, 0.6) is 0 Å². The minimum absolute atomic E-state index is 0.000000000000000222. The van der Waals surface area contributed by atoms with Gasteiger partial charge in [-0.3, -0.25) is 0 Å². The summed E-state index contributed by atoms with van der Waals surface area (Å²) in [5.74, 6) is 0. The normalized spacial score (nSPS) is 23.7. The maximum absolute atomic E-state index is 5.18. The molecular weight excluding hydrogens is 126 g/mol. The van der Waals surface area contributed by atoms with Crippen molar-refractivity contribution in [2.75, 3.05) is 0 Å². The summed E-state index contributed by atoms with van der Waals surface area (Å²) >= 11 is 0. The van der Waals surface area contributed by atoms with Crippen molar-refractivity contribution in [2.45, 2.75) is 44.6 Å². The van der Waals surface area contributed by atoms with Crippen LogP contribution >= 0.6 is 0 Å². The molecular formula is C8H15NO. The predicted molar refractivity (Wildman–Crippen MR) is 42.1 cm³/mol. The first-order valence-corrected chi connectivity index (χ1v) is 3.91. The second-order valence-electron chi connectivity index (χ2n) is 3.23. The van der Waals surface area contributed by atoms with Crippen LogP contribution in [-0.4, -0.2) is 12.3 Å².